The Bertz CT molecular complexity index is 1730. The third kappa shape index (κ3) is 5.02. The SMILES string of the molecule is C#CCOc1c(I)cc(/C=c2\sc3n(c2=O)[C@@H](c2ccc4c(c2)OCO4)C(C(=O)OCC)=C(C)N=3)cc1OC. The van der Waals surface area contributed by atoms with Crippen LogP contribution in [0.3, 0.4) is 0 Å². The molecule has 0 fully saturated rings. The van der Waals surface area contributed by atoms with Gasteiger partial charge >= 0.3 is 5.97 Å². The van der Waals surface area contributed by atoms with E-state index >= 15 is 0 Å². The number of rotatable bonds is 7. The first-order chi connectivity index (χ1) is 18.9. The van der Waals surface area contributed by atoms with Gasteiger partial charge in [0.1, 0.15) is 6.61 Å². The molecule has 0 N–H and O–H groups in total. The number of nitrogens with zero attached hydrogens (tertiary/aromatic N) is 2. The molecule has 200 valence electrons. The molecule has 11 heteroatoms. The molecule has 0 radical (unpaired) electrons. The number of hydrogen-bond donors (Lipinski definition) is 0. The van der Waals surface area contributed by atoms with E-state index < -0.39 is 12.0 Å². The van der Waals surface area contributed by atoms with Gasteiger partial charge < -0.3 is 23.7 Å². The minimum absolute atomic E-state index is 0.103. The molecule has 1 aromatic heterocycles. The van der Waals surface area contributed by atoms with Crippen LogP contribution < -0.4 is 33.8 Å². The van der Waals surface area contributed by atoms with E-state index in [0.29, 0.717) is 49.2 Å². The Balaban J connectivity index is 1.67. The molecular formula is C28H23IN2O7S. The Labute approximate surface area is 241 Å². The van der Waals surface area contributed by atoms with E-state index in [1.54, 1.807) is 38.1 Å². The molecule has 3 heterocycles. The summed E-state index contributed by atoms with van der Waals surface area (Å²) in [5.74, 6) is 4.09. The molecule has 0 bridgehead atoms. The zero-order valence-corrected chi connectivity index (χ0v) is 24.3. The first kappa shape index (κ1) is 26.8. The van der Waals surface area contributed by atoms with Crippen molar-refractivity contribution in [2.75, 3.05) is 27.1 Å². The summed E-state index contributed by atoms with van der Waals surface area (Å²) < 4.78 is 30.3. The van der Waals surface area contributed by atoms with Crippen LogP contribution in [0, 0.1) is 15.9 Å². The molecule has 0 amide bonds. The number of halogens is 1. The number of methoxy groups -OCH3 is 1. The first-order valence-corrected chi connectivity index (χ1v) is 13.8. The number of carbonyl (C=O) groups excluding carboxylic acids is 1. The van der Waals surface area contributed by atoms with Crippen LogP contribution in [-0.2, 0) is 9.53 Å². The van der Waals surface area contributed by atoms with Crippen molar-refractivity contribution in [1.29, 1.82) is 0 Å². The molecule has 2 aromatic carbocycles. The lowest BCUT2D eigenvalue weighted by atomic mass is 9.95. The van der Waals surface area contributed by atoms with Gasteiger partial charge in [-0.2, -0.15) is 0 Å². The predicted molar refractivity (Wildman–Crippen MR) is 153 cm³/mol. The zero-order chi connectivity index (χ0) is 27.7. The Kier molecular flexibility index (Phi) is 7.67. The van der Waals surface area contributed by atoms with Crippen molar-refractivity contribution in [3.05, 3.63) is 76.0 Å². The van der Waals surface area contributed by atoms with Gasteiger partial charge in [-0.1, -0.05) is 23.3 Å². The maximum absolute atomic E-state index is 13.9. The average molecular weight is 658 g/mol. The van der Waals surface area contributed by atoms with E-state index in [-0.39, 0.29) is 25.6 Å². The molecule has 3 aromatic rings. The standard InChI is InChI=1S/C28H23IN2O7S/c1-5-9-36-25-18(29)10-16(11-21(25)34-4)12-22-26(32)31-24(17-7-8-19-20(13-17)38-14-37-19)23(27(33)35-6-2)15(3)30-28(31)39-22/h1,7-8,10-13,24H,6,9,14H2,2-4H3/b22-12-/t24-/m0/s1. The number of esters is 1. The molecule has 0 saturated carbocycles. The molecule has 0 aliphatic carbocycles. The highest BCUT2D eigenvalue weighted by Gasteiger charge is 2.34. The summed E-state index contributed by atoms with van der Waals surface area (Å²) in [5.41, 5.74) is 1.89. The van der Waals surface area contributed by atoms with Crippen molar-refractivity contribution >= 4 is 46.0 Å². The lowest BCUT2D eigenvalue weighted by Crippen LogP contribution is -2.39. The van der Waals surface area contributed by atoms with Gasteiger partial charge in [-0.05, 0) is 77.9 Å². The van der Waals surface area contributed by atoms with Crippen LogP contribution in [0.2, 0.25) is 0 Å². The van der Waals surface area contributed by atoms with Crippen LogP contribution in [0.15, 0.2) is 51.4 Å². The second-order valence-corrected chi connectivity index (χ2v) is 10.6. The molecule has 2 aliphatic heterocycles. The summed E-state index contributed by atoms with van der Waals surface area (Å²) in [4.78, 5) is 32.1. The van der Waals surface area contributed by atoms with Crippen LogP contribution in [0.5, 0.6) is 23.0 Å². The van der Waals surface area contributed by atoms with E-state index in [9.17, 15) is 9.59 Å². The van der Waals surface area contributed by atoms with Crippen molar-refractivity contribution in [2.24, 2.45) is 4.99 Å². The predicted octanol–water partition coefficient (Wildman–Crippen LogP) is 3.15. The fraction of sp³-hybridized carbons (Fsp3) is 0.250. The minimum Gasteiger partial charge on any atom is -0.493 e. The molecule has 1 atom stereocenters. The highest BCUT2D eigenvalue weighted by molar-refractivity contribution is 14.1. The summed E-state index contributed by atoms with van der Waals surface area (Å²) in [6.07, 6.45) is 7.10. The highest BCUT2D eigenvalue weighted by atomic mass is 127. The largest absolute Gasteiger partial charge is 0.493 e. The average Bonchev–Trinajstić information content (AvgIpc) is 3.50. The Hall–Kier alpha value is -3.76. The van der Waals surface area contributed by atoms with Crippen LogP contribution >= 0.6 is 33.9 Å². The van der Waals surface area contributed by atoms with Gasteiger partial charge in [-0.3, -0.25) is 9.36 Å². The Morgan fingerprint density at radius 2 is 2.10 bits per heavy atom. The summed E-state index contributed by atoms with van der Waals surface area (Å²) in [6.45, 7) is 3.88. The van der Waals surface area contributed by atoms with Crippen LogP contribution in [0.1, 0.15) is 31.0 Å². The second kappa shape index (κ2) is 11.2. The van der Waals surface area contributed by atoms with Crippen LogP contribution in [-0.4, -0.2) is 37.7 Å². The van der Waals surface area contributed by atoms with Gasteiger partial charge in [0.15, 0.2) is 27.8 Å². The normalized spacial score (nSPS) is 15.9. The Morgan fingerprint density at radius 3 is 2.85 bits per heavy atom. The van der Waals surface area contributed by atoms with E-state index in [0.717, 1.165) is 9.13 Å². The number of allylic oxidation sites excluding steroid dienone is 1. The van der Waals surface area contributed by atoms with Crippen molar-refractivity contribution in [1.82, 2.24) is 4.57 Å². The van der Waals surface area contributed by atoms with Gasteiger partial charge in [0.2, 0.25) is 6.79 Å². The minimum atomic E-state index is -0.758. The molecule has 0 saturated heterocycles. The monoisotopic (exact) mass is 658 g/mol. The molecule has 39 heavy (non-hydrogen) atoms. The van der Waals surface area contributed by atoms with E-state index in [4.69, 9.17) is 30.1 Å². The van der Waals surface area contributed by atoms with Gasteiger partial charge in [-0.25, -0.2) is 9.79 Å². The quantitative estimate of drug-likeness (QED) is 0.219. The van der Waals surface area contributed by atoms with E-state index in [1.807, 2.05) is 12.1 Å². The molecular weight excluding hydrogens is 635 g/mol. The van der Waals surface area contributed by atoms with Crippen molar-refractivity contribution in [2.45, 2.75) is 19.9 Å². The number of ether oxygens (including phenoxy) is 5. The number of carbonyl (C=O) groups is 1. The first-order valence-electron chi connectivity index (χ1n) is 11.9. The lowest BCUT2D eigenvalue weighted by Gasteiger charge is -2.24. The smallest absolute Gasteiger partial charge is 0.338 e. The van der Waals surface area contributed by atoms with E-state index in [1.165, 1.54) is 23.0 Å². The molecule has 2 aliphatic rings. The fourth-order valence-corrected chi connectivity index (χ4v) is 6.25. The Morgan fingerprint density at radius 1 is 1.31 bits per heavy atom. The number of thiazole rings is 1. The number of terminal acetylenes is 1. The van der Waals surface area contributed by atoms with Gasteiger partial charge in [-0.15, -0.1) is 6.42 Å². The summed E-state index contributed by atoms with van der Waals surface area (Å²) in [6, 6.07) is 8.25. The van der Waals surface area contributed by atoms with E-state index in [2.05, 4.69) is 33.5 Å². The van der Waals surface area contributed by atoms with Crippen molar-refractivity contribution < 1.29 is 28.5 Å². The number of aromatic nitrogens is 1. The number of hydrogen-bond acceptors (Lipinski definition) is 9. The van der Waals surface area contributed by atoms with Gasteiger partial charge in [0, 0.05) is 0 Å². The highest BCUT2D eigenvalue weighted by Crippen LogP contribution is 2.38. The molecule has 5 rings (SSSR count). The second-order valence-electron chi connectivity index (χ2n) is 8.44. The zero-order valence-electron chi connectivity index (χ0n) is 21.3. The third-order valence-corrected chi connectivity index (χ3v) is 7.86. The summed E-state index contributed by atoms with van der Waals surface area (Å²) >= 11 is 3.37. The number of fused-ring (bicyclic) bond motifs is 2. The maximum atomic E-state index is 13.9. The summed E-state index contributed by atoms with van der Waals surface area (Å²) in [5, 5.41) is 0. The van der Waals surface area contributed by atoms with Crippen LogP contribution in [0.4, 0.5) is 0 Å². The van der Waals surface area contributed by atoms with Gasteiger partial charge in [0.25, 0.3) is 5.56 Å². The fourth-order valence-electron chi connectivity index (χ4n) is 4.42. The van der Waals surface area contributed by atoms with Crippen LogP contribution in [0.25, 0.3) is 6.08 Å². The van der Waals surface area contributed by atoms with Crippen molar-refractivity contribution in [3.8, 4) is 35.3 Å². The molecule has 0 spiro atoms. The number of benzene rings is 2. The third-order valence-electron chi connectivity index (χ3n) is 6.08. The topological polar surface area (TPSA) is 97.6 Å². The van der Waals surface area contributed by atoms with Crippen molar-refractivity contribution in [3.63, 3.8) is 0 Å². The van der Waals surface area contributed by atoms with Gasteiger partial charge in [0.05, 0.1) is 39.1 Å². The molecule has 0 unspecified atom stereocenters. The molecule has 9 nitrogen and oxygen atoms in total. The lowest BCUT2D eigenvalue weighted by molar-refractivity contribution is -0.139. The summed E-state index contributed by atoms with van der Waals surface area (Å²) in [7, 11) is 1.54. The maximum Gasteiger partial charge on any atom is 0.338 e.